The van der Waals surface area contributed by atoms with E-state index in [1.165, 1.54) is 81.4 Å². The van der Waals surface area contributed by atoms with Gasteiger partial charge < -0.3 is 4.90 Å². The fraction of sp³-hybridized carbons (Fsp3) is 0.333. The zero-order valence-corrected chi connectivity index (χ0v) is 31.4. The van der Waals surface area contributed by atoms with Crippen molar-refractivity contribution in [1.29, 1.82) is 0 Å². The summed E-state index contributed by atoms with van der Waals surface area (Å²) >= 11 is 1.92. The van der Waals surface area contributed by atoms with Crippen LogP contribution in [0.1, 0.15) is 104 Å². The number of thiophene rings is 1. The SMILES string of the molecule is CC(C)(C)c1ccc(N2c3cc(C(C)(C)C)cc4c3B(c3cc(C(C)(C)C)ccc3C4(C)C)c3ccc4sc5ccccc5c4c32)cc1. The lowest BCUT2D eigenvalue weighted by Crippen LogP contribution is -2.64. The van der Waals surface area contributed by atoms with Gasteiger partial charge in [0.1, 0.15) is 0 Å². The predicted molar refractivity (Wildman–Crippen MR) is 213 cm³/mol. The van der Waals surface area contributed by atoms with Gasteiger partial charge in [0.15, 0.2) is 0 Å². The highest BCUT2D eigenvalue weighted by atomic mass is 32.1. The Morgan fingerprint density at radius 1 is 0.583 bits per heavy atom. The fourth-order valence-electron chi connectivity index (χ4n) is 8.33. The van der Waals surface area contributed by atoms with Crippen LogP contribution in [0.5, 0.6) is 0 Å². The Balaban J connectivity index is 1.55. The van der Waals surface area contributed by atoms with Gasteiger partial charge in [-0.25, -0.2) is 0 Å². The largest absolute Gasteiger partial charge is 0.311 e. The average molecular weight is 646 g/mol. The highest BCUT2D eigenvalue weighted by molar-refractivity contribution is 7.26. The van der Waals surface area contributed by atoms with Crippen LogP contribution in [0, 0.1) is 0 Å². The van der Waals surface area contributed by atoms with Crippen molar-refractivity contribution in [2.24, 2.45) is 0 Å². The van der Waals surface area contributed by atoms with Gasteiger partial charge in [-0.05, 0) is 85.3 Å². The van der Waals surface area contributed by atoms with Crippen molar-refractivity contribution < 1.29 is 0 Å². The van der Waals surface area contributed by atoms with Gasteiger partial charge in [-0.3, -0.25) is 0 Å². The summed E-state index contributed by atoms with van der Waals surface area (Å²) in [5.41, 5.74) is 15.3. The third-order valence-electron chi connectivity index (χ3n) is 11.2. The van der Waals surface area contributed by atoms with Crippen LogP contribution in [0.4, 0.5) is 17.1 Å². The normalized spacial score (nSPS) is 15.5. The molecule has 6 aromatic rings. The Morgan fingerprint density at radius 2 is 1.23 bits per heavy atom. The first-order valence-corrected chi connectivity index (χ1v) is 18.5. The van der Waals surface area contributed by atoms with Gasteiger partial charge >= 0.3 is 0 Å². The van der Waals surface area contributed by atoms with Crippen molar-refractivity contribution in [2.45, 2.75) is 97.8 Å². The molecular weight excluding hydrogens is 597 g/mol. The summed E-state index contributed by atoms with van der Waals surface area (Å²) in [6.07, 6.45) is 0. The molecule has 0 bridgehead atoms. The zero-order chi connectivity index (χ0) is 34.1. The lowest BCUT2D eigenvalue weighted by atomic mass is 9.30. The van der Waals surface area contributed by atoms with Crippen LogP contribution < -0.4 is 21.3 Å². The van der Waals surface area contributed by atoms with Crippen LogP contribution in [-0.2, 0) is 21.7 Å². The molecule has 1 nitrogen and oxygen atoms in total. The van der Waals surface area contributed by atoms with Gasteiger partial charge in [-0.2, -0.15) is 0 Å². The highest BCUT2D eigenvalue weighted by Gasteiger charge is 2.47. The quantitative estimate of drug-likeness (QED) is 0.161. The molecule has 0 aliphatic carbocycles. The van der Waals surface area contributed by atoms with E-state index < -0.39 is 0 Å². The molecule has 1 aromatic heterocycles. The van der Waals surface area contributed by atoms with E-state index >= 15 is 0 Å². The lowest BCUT2D eigenvalue weighted by Gasteiger charge is -2.47. The number of hydrogen-bond acceptors (Lipinski definition) is 2. The van der Waals surface area contributed by atoms with Crippen molar-refractivity contribution in [1.82, 2.24) is 0 Å². The van der Waals surface area contributed by atoms with Crippen molar-refractivity contribution in [2.75, 3.05) is 4.90 Å². The van der Waals surface area contributed by atoms with Gasteiger partial charge in [0.25, 0.3) is 0 Å². The summed E-state index contributed by atoms with van der Waals surface area (Å²) in [5.74, 6) is 0. The number of hydrogen-bond donors (Lipinski definition) is 0. The number of anilines is 3. The van der Waals surface area contributed by atoms with Crippen molar-refractivity contribution in [3.8, 4) is 0 Å². The maximum absolute atomic E-state index is 2.64. The molecule has 0 amide bonds. The van der Waals surface area contributed by atoms with Crippen LogP contribution >= 0.6 is 11.3 Å². The number of benzene rings is 5. The second-order valence-electron chi connectivity index (χ2n) is 17.9. The molecule has 0 saturated heterocycles. The van der Waals surface area contributed by atoms with E-state index in [2.05, 4.69) is 172 Å². The first-order valence-electron chi connectivity index (χ1n) is 17.6. The second-order valence-corrected chi connectivity index (χ2v) is 19.0. The van der Waals surface area contributed by atoms with Crippen LogP contribution in [0.15, 0.2) is 91.0 Å². The summed E-state index contributed by atoms with van der Waals surface area (Å²) in [5, 5.41) is 2.72. The molecule has 0 fully saturated rings. The molecule has 0 spiro atoms. The Morgan fingerprint density at radius 3 is 1.90 bits per heavy atom. The molecule has 0 saturated carbocycles. The van der Waals surface area contributed by atoms with E-state index in [4.69, 9.17) is 0 Å². The molecular formula is C45H48BNS. The van der Waals surface area contributed by atoms with Gasteiger partial charge in [0, 0.05) is 37.0 Å². The van der Waals surface area contributed by atoms with Crippen LogP contribution in [0.25, 0.3) is 20.2 Å². The Bertz CT molecular complexity index is 2260. The van der Waals surface area contributed by atoms with E-state index in [1.807, 2.05) is 11.3 Å². The molecule has 2 aliphatic rings. The van der Waals surface area contributed by atoms with Crippen molar-refractivity contribution in [3.63, 3.8) is 0 Å². The van der Waals surface area contributed by atoms with Crippen LogP contribution in [0.3, 0.4) is 0 Å². The molecule has 3 heterocycles. The number of nitrogens with zero attached hydrogens (tertiary/aromatic N) is 1. The summed E-state index contributed by atoms with van der Waals surface area (Å²) in [6, 6.07) is 35.8. The molecule has 8 rings (SSSR count). The van der Waals surface area contributed by atoms with E-state index in [-0.39, 0.29) is 28.4 Å². The molecule has 0 N–H and O–H groups in total. The first kappa shape index (κ1) is 31.5. The predicted octanol–water partition coefficient (Wildman–Crippen LogP) is 10.9. The Hall–Kier alpha value is -3.82. The van der Waals surface area contributed by atoms with Gasteiger partial charge in [0.05, 0.1) is 5.69 Å². The molecule has 242 valence electrons. The maximum atomic E-state index is 2.64. The second kappa shape index (κ2) is 10.1. The molecule has 0 radical (unpaired) electrons. The number of fused-ring (bicyclic) bond motifs is 8. The fourth-order valence-corrected chi connectivity index (χ4v) is 9.43. The molecule has 3 heteroatoms. The van der Waals surface area contributed by atoms with E-state index in [9.17, 15) is 0 Å². The molecule has 2 aliphatic heterocycles. The van der Waals surface area contributed by atoms with E-state index in [0.29, 0.717) is 0 Å². The van der Waals surface area contributed by atoms with Crippen molar-refractivity contribution >= 4 is 71.7 Å². The Labute approximate surface area is 292 Å². The molecule has 0 unspecified atom stereocenters. The molecule has 5 aromatic carbocycles. The minimum absolute atomic E-state index is 0.00337. The first-order chi connectivity index (χ1) is 22.5. The summed E-state index contributed by atoms with van der Waals surface area (Å²) in [4.78, 5) is 2.64. The monoisotopic (exact) mass is 645 g/mol. The van der Waals surface area contributed by atoms with Crippen LogP contribution in [0.2, 0.25) is 0 Å². The zero-order valence-electron chi connectivity index (χ0n) is 30.6. The average Bonchev–Trinajstić information content (AvgIpc) is 3.40. The summed E-state index contributed by atoms with van der Waals surface area (Å²) < 4.78 is 2.70. The van der Waals surface area contributed by atoms with E-state index in [0.717, 1.165) is 0 Å². The minimum atomic E-state index is -0.147. The van der Waals surface area contributed by atoms with E-state index in [1.54, 1.807) is 0 Å². The summed E-state index contributed by atoms with van der Waals surface area (Å²) in [6.45, 7) is 26.1. The smallest absolute Gasteiger partial charge is 0.247 e. The third-order valence-corrected chi connectivity index (χ3v) is 12.3. The Kier molecular flexibility index (Phi) is 6.62. The van der Waals surface area contributed by atoms with Gasteiger partial charge in [-0.1, -0.05) is 142 Å². The number of rotatable bonds is 1. The van der Waals surface area contributed by atoms with Crippen LogP contribution in [-0.4, -0.2) is 6.71 Å². The van der Waals surface area contributed by atoms with Crippen molar-refractivity contribution in [3.05, 3.63) is 119 Å². The van der Waals surface area contributed by atoms with Gasteiger partial charge in [-0.15, -0.1) is 11.3 Å². The lowest BCUT2D eigenvalue weighted by molar-refractivity contribution is 0.580. The third kappa shape index (κ3) is 4.57. The summed E-state index contributed by atoms with van der Waals surface area (Å²) in [7, 11) is 0. The highest BCUT2D eigenvalue weighted by Crippen LogP contribution is 2.49. The molecule has 0 atom stereocenters. The topological polar surface area (TPSA) is 3.24 Å². The minimum Gasteiger partial charge on any atom is -0.311 e. The standard InChI is InChI=1S/C45H48BNS/c1-42(2,3)27-16-19-30(20-17-27)47-36-26-29(44(7,8)9)24-33-40(36)46(35-25-28(43(4,5)6)18-21-32(35)45(33,10)11)34-22-23-38-39(41(34)47)31-14-12-13-15-37(31)48-38/h12-26H,1-11H3. The van der Waals surface area contributed by atoms with Gasteiger partial charge in [0.2, 0.25) is 6.71 Å². The molecule has 48 heavy (non-hydrogen) atoms. The maximum Gasteiger partial charge on any atom is 0.247 e.